The molecule has 13 heteroatoms. The molecule has 0 bridgehead atoms. The van der Waals surface area contributed by atoms with Gasteiger partial charge < -0.3 is 23.7 Å². The van der Waals surface area contributed by atoms with Crippen molar-refractivity contribution in [2.75, 3.05) is 4.90 Å². The quantitative estimate of drug-likeness (QED) is 0.171. The van der Waals surface area contributed by atoms with Crippen molar-refractivity contribution in [2.45, 2.75) is 79.1 Å². The number of imide groups is 1. The zero-order valence-corrected chi connectivity index (χ0v) is 27.1. The van der Waals surface area contributed by atoms with Crippen LogP contribution in [0.25, 0.3) is 33.6 Å². The summed E-state index contributed by atoms with van der Waals surface area (Å²) in [6.45, 7) is 15.4. The van der Waals surface area contributed by atoms with E-state index in [0.29, 0.717) is 31.7 Å². The maximum absolute atomic E-state index is 13.3. The van der Waals surface area contributed by atoms with Crippen LogP contribution in [0.2, 0.25) is 0 Å². The second-order valence-corrected chi connectivity index (χ2v) is 13.5. The number of hydrogen-bond acceptors (Lipinski definition) is 10. The molecule has 3 aromatic heterocycles. The maximum Gasteiger partial charge on any atom is 0.425 e. The summed E-state index contributed by atoms with van der Waals surface area (Å²) in [5.41, 5.74) is -0.325. The molecule has 1 aromatic carbocycles. The van der Waals surface area contributed by atoms with Crippen LogP contribution in [0, 0.1) is 0 Å². The molecule has 0 unspecified atom stereocenters. The first-order valence-electron chi connectivity index (χ1n) is 13.4. The van der Waals surface area contributed by atoms with Crippen molar-refractivity contribution in [2.24, 2.45) is 0 Å². The van der Waals surface area contributed by atoms with Crippen LogP contribution in [-0.4, -0.2) is 55.1 Å². The van der Waals surface area contributed by atoms with E-state index in [-0.39, 0.29) is 17.3 Å². The molecule has 1 N–H and O–H groups in total. The molecule has 2 amide bonds. The molecule has 0 aliphatic carbocycles. The summed E-state index contributed by atoms with van der Waals surface area (Å²) in [4.78, 5) is 51.9. The van der Waals surface area contributed by atoms with Gasteiger partial charge >= 0.3 is 18.2 Å². The van der Waals surface area contributed by atoms with Gasteiger partial charge in [0.2, 0.25) is 0 Å². The number of benzene rings is 1. The van der Waals surface area contributed by atoms with E-state index in [1.165, 1.54) is 6.20 Å². The standard InChI is InChI=1S/C30H34BrN5O7/c1-28(2,3)40-25(37)18-14-32-19-11-10-16(12-17(18)19)20-13-21(43-35-20)23-24(33-15-22(31)34-23)36(26(38)41-29(4,5)6)27(39)42-30(7,8)9/h10-15,32H,1-9H3. The SMILES string of the molecule is CC(C)(C)OC(=O)c1c[nH]c2ccc(-c3cc(-c4nc(Br)cnc4N(C(=O)OC(C)(C)C)C(=O)OC(C)(C)C)on3)cc12. The number of aromatic amines is 1. The van der Waals surface area contributed by atoms with Crippen molar-refractivity contribution < 1.29 is 33.1 Å². The van der Waals surface area contributed by atoms with Gasteiger partial charge in [0.05, 0.1) is 11.8 Å². The van der Waals surface area contributed by atoms with Gasteiger partial charge in [0.1, 0.15) is 27.1 Å². The van der Waals surface area contributed by atoms with Crippen molar-refractivity contribution in [1.29, 1.82) is 0 Å². The van der Waals surface area contributed by atoms with E-state index in [1.54, 1.807) is 86.7 Å². The number of hydrogen-bond donors (Lipinski definition) is 1. The lowest BCUT2D eigenvalue weighted by Gasteiger charge is -2.28. The van der Waals surface area contributed by atoms with Crippen molar-refractivity contribution in [3.63, 3.8) is 0 Å². The van der Waals surface area contributed by atoms with Crippen molar-refractivity contribution >= 4 is 50.8 Å². The highest BCUT2D eigenvalue weighted by Crippen LogP contribution is 2.34. The third kappa shape index (κ3) is 7.78. The Kier molecular flexibility index (Phi) is 8.42. The Morgan fingerprint density at radius 3 is 2.07 bits per heavy atom. The number of fused-ring (bicyclic) bond motifs is 1. The van der Waals surface area contributed by atoms with Gasteiger partial charge in [-0.15, -0.1) is 0 Å². The molecule has 12 nitrogen and oxygen atoms in total. The van der Waals surface area contributed by atoms with Crippen molar-refractivity contribution in [3.05, 3.63) is 46.8 Å². The fourth-order valence-corrected chi connectivity index (χ4v) is 4.14. The minimum absolute atomic E-state index is 0.0296. The first-order valence-corrected chi connectivity index (χ1v) is 14.2. The van der Waals surface area contributed by atoms with Gasteiger partial charge in [-0.2, -0.15) is 4.90 Å². The van der Waals surface area contributed by atoms with Crippen molar-refractivity contribution in [3.8, 4) is 22.7 Å². The van der Waals surface area contributed by atoms with Gasteiger partial charge in [0.15, 0.2) is 17.3 Å². The first-order chi connectivity index (χ1) is 19.8. The fourth-order valence-electron chi connectivity index (χ4n) is 3.86. The van der Waals surface area contributed by atoms with Crippen LogP contribution in [0.3, 0.4) is 0 Å². The molecule has 3 heterocycles. The summed E-state index contributed by atoms with van der Waals surface area (Å²) in [6, 6.07) is 6.99. The van der Waals surface area contributed by atoms with Crippen LogP contribution >= 0.6 is 15.9 Å². The van der Waals surface area contributed by atoms with E-state index in [0.717, 1.165) is 5.52 Å². The second-order valence-electron chi connectivity index (χ2n) is 12.7. The summed E-state index contributed by atoms with van der Waals surface area (Å²) in [5, 5.41) is 4.83. The van der Waals surface area contributed by atoms with E-state index in [1.807, 2.05) is 6.07 Å². The van der Waals surface area contributed by atoms with Crippen LogP contribution in [0.1, 0.15) is 72.7 Å². The smallest absolute Gasteiger partial charge is 0.425 e. The van der Waals surface area contributed by atoms with Crippen LogP contribution < -0.4 is 4.90 Å². The summed E-state index contributed by atoms with van der Waals surface area (Å²) >= 11 is 3.30. The van der Waals surface area contributed by atoms with Gasteiger partial charge in [-0.1, -0.05) is 11.2 Å². The van der Waals surface area contributed by atoms with Crippen molar-refractivity contribution in [1.82, 2.24) is 20.1 Å². The molecule has 0 spiro atoms. The lowest BCUT2D eigenvalue weighted by molar-refractivity contribution is 0.00711. The normalized spacial score (nSPS) is 12.2. The summed E-state index contributed by atoms with van der Waals surface area (Å²) in [5.74, 6) is -0.532. The lowest BCUT2D eigenvalue weighted by atomic mass is 10.1. The Bertz CT molecular complexity index is 1660. The van der Waals surface area contributed by atoms with E-state index < -0.39 is 35.0 Å². The van der Waals surface area contributed by atoms with Crippen LogP contribution in [0.4, 0.5) is 15.4 Å². The van der Waals surface area contributed by atoms with E-state index >= 15 is 0 Å². The van der Waals surface area contributed by atoms with Gasteiger partial charge in [0, 0.05) is 28.7 Å². The number of ether oxygens (including phenoxy) is 3. The van der Waals surface area contributed by atoms with Crippen LogP contribution in [-0.2, 0) is 14.2 Å². The van der Waals surface area contributed by atoms with Gasteiger partial charge in [-0.3, -0.25) is 0 Å². The third-order valence-corrected chi connectivity index (χ3v) is 5.81. The number of carbonyl (C=O) groups excluding carboxylic acids is 3. The topological polar surface area (TPSA) is 150 Å². The third-order valence-electron chi connectivity index (χ3n) is 5.43. The summed E-state index contributed by atoms with van der Waals surface area (Å²) in [6.07, 6.45) is 0.914. The highest BCUT2D eigenvalue weighted by atomic mass is 79.9. The summed E-state index contributed by atoms with van der Waals surface area (Å²) < 4.78 is 22.5. The van der Waals surface area contributed by atoms with E-state index in [2.05, 4.69) is 36.0 Å². The molecule has 4 rings (SSSR count). The number of anilines is 1. The van der Waals surface area contributed by atoms with Gasteiger partial charge in [-0.05, 0) is 90.4 Å². The van der Waals surface area contributed by atoms with Crippen LogP contribution in [0.5, 0.6) is 0 Å². The molecule has 0 atom stereocenters. The average molecular weight is 657 g/mol. The average Bonchev–Trinajstić information content (AvgIpc) is 3.49. The molecule has 0 fully saturated rings. The molecule has 0 aliphatic heterocycles. The van der Waals surface area contributed by atoms with E-state index in [4.69, 9.17) is 18.7 Å². The predicted molar refractivity (Wildman–Crippen MR) is 163 cm³/mol. The molecular weight excluding hydrogens is 622 g/mol. The minimum Gasteiger partial charge on any atom is -0.456 e. The van der Waals surface area contributed by atoms with E-state index in [9.17, 15) is 14.4 Å². The Labute approximate surface area is 257 Å². The Balaban J connectivity index is 1.77. The molecule has 0 aliphatic rings. The predicted octanol–water partition coefficient (Wildman–Crippen LogP) is 7.67. The Morgan fingerprint density at radius 2 is 1.49 bits per heavy atom. The number of nitrogens with one attached hydrogen (secondary N) is 1. The highest BCUT2D eigenvalue weighted by molar-refractivity contribution is 9.10. The Morgan fingerprint density at radius 1 is 0.884 bits per heavy atom. The molecular formula is C30H34BrN5O7. The number of halogens is 1. The first kappa shape index (κ1) is 31.7. The highest BCUT2D eigenvalue weighted by Gasteiger charge is 2.36. The van der Waals surface area contributed by atoms with Gasteiger partial charge in [-0.25, -0.2) is 24.4 Å². The molecule has 0 saturated heterocycles. The molecule has 4 aromatic rings. The fraction of sp³-hybridized carbons (Fsp3) is 0.400. The lowest BCUT2D eigenvalue weighted by Crippen LogP contribution is -2.44. The minimum atomic E-state index is -1.01. The number of carbonyl (C=O) groups is 3. The monoisotopic (exact) mass is 655 g/mol. The molecule has 0 radical (unpaired) electrons. The number of rotatable bonds is 4. The second kappa shape index (κ2) is 11.4. The van der Waals surface area contributed by atoms with Gasteiger partial charge in [0.25, 0.3) is 0 Å². The molecule has 0 saturated carbocycles. The maximum atomic E-state index is 13.3. The number of amides is 2. The summed E-state index contributed by atoms with van der Waals surface area (Å²) in [7, 11) is 0. The Hall–Kier alpha value is -4.26. The molecule has 228 valence electrons. The van der Waals surface area contributed by atoms with Crippen LogP contribution in [0.15, 0.2) is 45.8 Å². The largest absolute Gasteiger partial charge is 0.456 e. The number of nitrogens with zero attached hydrogens (tertiary/aromatic N) is 4. The number of H-pyrrole nitrogens is 1. The zero-order valence-electron chi connectivity index (χ0n) is 25.5. The zero-order chi connectivity index (χ0) is 31.9. The number of aromatic nitrogens is 4. The number of esters is 1. The molecule has 43 heavy (non-hydrogen) atoms.